The van der Waals surface area contributed by atoms with Crippen LogP contribution in [0.15, 0.2) is 182 Å². The topological polar surface area (TPSA) is 33.6 Å². The Labute approximate surface area is 306 Å². The number of rotatable bonds is 4. The average Bonchev–Trinajstić information content (AvgIpc) is 3.87. The van der Waals surface area contributed by atoms with Gasteiger partial charge in [-0.05, 0) is 81.4 Å². The fraction of sp³-hybridized carbons (Fsp3) is 0.0200. The third kappa shape index (κ3) is 4.27. The van der Waals surface area contributed by atoms with Gasteiger partial charge in [-0.2, -0.15) is 5.26 Å². The summed E-state index contributed by atoms with van der Waals surface area (Å²) in [4.78, 5) is 0. The molecule has 0 amide bonds. The Bertz CT molecular complexity index is 3060. The summed E-state index contributed by atoms with van der Waals surface area (Å²) >= 11 is 0. The summed E-state index contributed by atoms with van der Waals surface area (Å²) in [5, 5.41) is 15.6. The van der Waals surface area contributed by atoms with E-state index in [1.54, 1.807) is 0 Å². The molecule has 0 saturated carbocycles. The van der Waals surface area contributed by atoms with Crippen LogP contribution in [0.2, 0.25) is 0 Å². The van der Waals surface area contributed by atoms with Crippen LogP contribution >= 0.6 is 0 Å². The molecule has 10 aromatic rings. The molecule has 2 aromatic heterocycles. The molecular formula is C50H31N3. The lowest BCUT2D eigenvalue weighted by atomic mass is 9.88. The second-order valence-corrected chi connectivity index (χ2v) is 14.0. The van der Waals surface area contributed by atoms with E-state index in [2.05, 4.69) is 197 Å². The van der Waals surface area contributed by atoms with Gasteiger partial charge < -0.3 is 9.13 Å². The minimum absolute atomic E-state index is 0.0944. The van der Waals surface area contributed by atoms with Crippen LogP contribution in [0.4, 0.5) is 0 Å². The van der Waals surface area contributed by atoms with E-state index in [0.717, 1.165) is 28.0 Å². The van der Waals surface area contributed by atoms with Gasteiger partial charge in [0.1, 0.15) is 0 Å². The van der Waals surface area contributed by atoms with Gasteiger partial charge in [0, 0.05) is 38.8 Å². The third-order valence-electron chi connectivity index (χ3n) is 11.3. The summed E-state index contributed by atoms with van der Waals surface area (Å²) in [5.74, 6) is 0.0944. The Kier molecular flexibility index (Phi) is 6.38. The molecule has 2 heterocycles. The van der Waals surface area contributed by atoms with Crippen LogP contribution in [0.1, 0.15) is 28.2 Å². The first-order chi connectivity index (χ1) is 26.3. The molecule has 1 aliphatic rings. The smallest absolute Gasteiger partial charge is 0.0998 e. The maximum Gasteiger partial charge on any atom is 0.0998 e. The molecule has 0 spiro atoms. The lowest BCUT2D eigenvalue weighted by molar-refractivity contribution is 1.01. The molecule has 0 bridgehead atoms. The summed E-state index contributed by atoms with van der Waals surface area (Å²) in [6.45, 7) is 0. The van der Waals surface area contributed by atoms with E-state index in [9.17, 15) is 5.26 Å². The standard InChI is InChI=1S/C50H31N3/c51-31-34-30-36(26-27-37(34)32-22-24-35(25-23-32)52-45-19-9-6-15-39(45)40-16-7-10-20-46(40)52)53-47-21-11-8-17-41(47)44-29-28-43-38-14-4-5-18-42(38)48(49(43)50(44)53)33-12-2-1-3-13-33/h1-30,48H. The molecule has 3 nitrogen and oxygen atoms in total. The molecule has 1 unspecified atom stereocenters. The van der Waals surface area contributed by atoms with Gasteiger partial charge in [0.25, 0.3) is 0 Å². The highest BCUT2D eigenvalue weighted by Gasteiger charge is 2.33. The molecule has 3 heteroatoms. The van der Waals surface area contributed by atoms with Crippen LogP contribution in [-0.4, -0.2) is 9.13 Å². The van der Waals surface area contributed by atoms with Crippen molar-refractivity contribution < 1.29 is 0 Å². The molecule has 0 N–H and O–H groups in total. The van der Waals surface area contributed by atoms with Gasteiger partial charge in [-0.1, -0.05) is 140 Å². The number of nitriles is 1. The molecule has 0 radical (unpaired) electrons. The summed E-state index contributed by atoms with van der Waals surface area (Å²) in [6, 6.07) is 67.6. The SMILES string of the molecule is N#Cc1cc(-n2c3ccccc3c3ccc4c(c32)C(c2ccccc2)c2ccccc2-4)ccc1-c1ccc(-n2c3ccccc3c3ccccc32)cc1. The number of nitrogens with zero attached hydrogens (tertiary/aromatic N) is 3. The van der Waals surface area contributed by atoms with Gasteiger partial charge in [0.05, 0.1) is 33.7 Å². The van der Waals surface area contributed by atoms with Crippen LogP contribution < -0.4 is 0 Å². The molecule has 8 aromatic carbocycles. The van der Waals surface area contributed by atoms with Crippen molar-refractivity contribution in [1.29, 1.82) is 5.26 Å². The highest BCUT2D eigenvalue weighted by molar-refractivity contribution is 6.13. The fourth-order valence-electron chi connectivity index (χ4n) is 9.03. The highest BCUT2D eigenvalue weighted by Crippen LogP contribution is 2.52. The van der Waals surface area contributed by atoms with Crippen molar-refractivity contribution in [2.24, 2.45) is 0 Å². The molecule has 246 valence electrons. The zero-order valence-corrected chi connectivity index (χ0v) is 28.7. The largest absolute Gasteiger partial charge is 0.309 e. The molecule has 0 saturated heterocycles. The van der Waals surface area contributed by atoms with E-state index in [0.29, 0.717) is 5.56 Å². The lowest BCUT2D eigenvalue weighted by Gasteiger charge is -2.18. The van der Waals surface area contributed by atoms with E-state index < -0.39 is 0 Å². The minimum Gasteiger partial charge on any atom is -0.309 e. The minimum atomic E-state index is 0.0944. The molecule has 1 atom stereocenters. The van der Waals surface area contributed by atoms with E-state index in [1.807, 2.05) is 0 Å². The average molecular weight is 674 g/mol. The van der Waals surface area contributed by atoms with Crippen molar-refractivity contribution in [2.75, 3.05) is 0 Å². The van der Waals surface area contributed by atoms with E-state index >= 15 is 0 Å². The van der Waals surface area contributed by atoms with Gasteiger partial charge in [-0.3, -0.25) is 0 Å². The van der Waals surface area contributed by atoms with Gasteiger partial charge in [-0.25, -0.2) is 0 Å². The number of fused-ring (bicyclic) bond motifs is 10. The lowest BCUT2D eigenvalue weighted by Crippen LogP contribution is -2.03. The maximum absolute atomic E-state index is 10.7. The molecule has 53 heavy (non-hydrogen) atoms. The van der Waals surface area contributed by atoms with Gasteiger partial charge >= 0.3 is 0 Å². The maximum atomic E-state index is 10.7. The van der Waals surface area contributed by atoms with Gasteiger partial charge in [0.15, 0.2) is 0 Å². The zero-order chi connectivity index (χ0) is 35.0. The van der Waals surface area contributed by atoms with Gasteiger partial charge in [0.2, 0.25) is 0 Å². The first kappa shape index (κ1) is 29.6. The first-order valence-corrected chi connectivity index (χ1v) is 18.1. The fourth-order valence-corrected chi connectivity index (χ4v) is 9.03. The summed E-state index contributed by atoms with van der Waals surface area (Å²) in [5.41, 5.74) is 15.8. The van der Waals surface area contributed by atoms with Crippen LogP contribution in [0.3, 0.4) is 0 Å². The quantitative estimate of drug-likeness (QED) is 0.183. The number of benzene rings is 8. The second-order valence-electron chi connectivity index (χ2n) is 14.0. The van der Waals surface area contributed by atoms with Crippen LogP contribution in [0.25, 0.3) is 77.2 Å². The first-order valence-electron chi connectivity index (χ1n) is 18.1. The Balaban J connectivity index is 1.08. The second kappa shape index (κ2) is 11.4. The predicted molar refractivity (Wildman–Crippen MR) is 218 cm³/mol. The third-order valence-corrected chi connectivity index (χ3v) is 11.3. The molecule has 11 rings (SSSR count). The Morgan fingerprint density at radius 1 is 0.434 bits per heavy atom. The molecule has 0 fully saturated rings. The number of hydrogen-bond donors (Lipinski definition) is 0. The Morgan fingerprint density at radius 3 is 1.70 bits per heavy atom. The predicted octanol–water partition coefficient (Wildman–Crippen LogP) is 12.6. The van der Waals surface area contributed by atoms with Crippen molar-refractivity contribution in [3.8, 4) is 39.7 Å². The highest BCUT2D eigenvalue weighted by atomic mass is 15.0. The molecule has 1 aliphatic carbocycles. The Morgan fingerprint density at radius 2 is 1.00 bits per heavy atom. The van der Waals surface area contributed by atoms with Crippen LogP contribution in [0.5, 0.6) is 0 Å². The summed E-state index contributed by atoms with van der Waals surface area (Å²) < 4.78 is 4.71. The van der Waals surface area contributed by atoms with E-state index in [4.69, 9.17) is 0 Å². The van der Waals surface area contributed by atoms with E-state index in [1.165, 1.54) is 65.9 Å². The van der Waals surface area contributed by atoms with Crippen molar-refractivity contribution in [3.05, 3.63) is 204 Å². The monoisotopic (exact) mass is 673 g/mol. The number of para-hydroxylation sites is 3. The number of hydrogen-bond acceptors (Lipinski definition) is 1. The summed E-state index contributed by atoms with van der Waals surface area (Å²) in [7, 11) is 0. The zero-order valence-electron chi connectivity index (χ0n) is 28.7. The van der Waals surface area contributed by atoms with Crippen molar-refractivity contribution in [1.82, 2.24) is 9.13 Å². The molecular weight excluding hydrogens is 643 g/mol. The van der Waals surface area contributed by atoms with Gasteiger partial charge in [-0.15, -0.1) is 0 Å². The van der Waals surface area contributed by atoms with Crippen molar-refractivity contribution in [3.63, 3.8) is 0 Å². The molecule has 0 aliphatic heterocycles. The summed E-state index contributed by atoms with van der Waals surface area (Å²) in [6.07, 6.45) is 0. The normalized spacial score (nSPS) is 13.5. The van der Waals surface area contributed by atoms with Crippen LogP contribution in [0, 0.1) is 11.3 Å². The van der Waals surface area contributed by atoms with Crippen molar-refractivity contribution >= 4 is 43.6 Å². The van der Waals surface area contributed by atoms with Crippen molar-refractivity contribution in [2.45, 2.75) is 5.92 Å². The Hall–Kier alpha value is -7.15. The number of aromatic nitrogens is 2. The van der Waals surface area contributed by atoms with E-state index in [-0.39, 0.29) is 5.92 Å². The van der Waals surface area contributed by atoms with Crippen LogP contribution in [-0.2, 0) is 0 Å².